The van der Waals surface area contributed by atoms with Crippen molar-refractivity contribution in [1.29, 1.82) is 0 Å². The summed E-state index contributed by atoms with van der Waals surface area (Å²) in [5, 5.41) is 5.38. The number of benzene rings is 2. The number of amides is 4. The number of hydrogen-bond donors (Lipinski definition) is 2. The maximum absolute atomic E-state index is 12.5. The first-order valence-corrected chi connectivity index (χ1v) is 8.99. The predicted octanol–water partition coefficient (Wildman–Crippen LogP) is 2.91. The largest absolute Gasteiger partial charge is 0.325 e. The van der Waals surface area contributed by atoms with Gasteiger partial charge in [-0.25, -0.2) is 4.79 Å². The molecule has 0 radical (unpaired) electrons. The van der Waals surface area contributed by atoms with E-state index in [1.165, 1.54) is 5.56 Å². The van der Waals surface area contributed by atoms with Crippen molar-refractivity contribution < 1.29 is 14.4 Å². The molecule has 6 heteroatoms. The van der Waals surface area contributed by atoms with Gasteiger partial charge in [0.15, 0.2) is 0 Å². The standard InChI is InChI=1S/C21H23N3O3/c1-14(2)16-8-10-17(11-9-16)22-19(25)13-24-20(26)18(23-21(24)27)12-15-6-4-3-5-7-15/h3-11,14,18H,12-13H2,1-2H3,(H,22,25)(H,23,27)/t18-/m0/s1. The maximum atomic E-state index is 12.5. The van der Waals surface area contributed by atoms with Crippen molar-refractivity contribution in [2.45, 2.75) is 32.2 Å². The predicted molar refractivity (Wildman–Crippen MR) is 103 cm³/mol. The summed E-state index contributed by atoms with van der Waals surface area (Å²) in [5.41, 5.74) is 2.76. The summed E-state index contributed by atoms with van der Waals surface area (Å²) in [6, 6.07) is 15.8. The fourth-order valence-corrected chi connectivity index (χ4v) is 3.01. The molecule has 1 heterocycles. The van der Waals surface area contributed by atoms with Gasteiger partial charge in [0.05, 0.1) is 0 Å². The van der Waals surface area contributed by atoms with E-state index in [1.54, 1.807) is 0 Å². The van der Waals surface area contributed by atoms with Crippen LogP contribution in [0.2, 0.25) is 0 Å². The van der Waals surface area contributed by atoms with Crippen molar-refractivity contribution in [2.24, 2.45) is 0 Å². The fourth-order valence-electron chi connectivity index (χ4n) is 3.01. The highest BCUT2D eigenvalue weighted by molar-refractivity contribution is 6.08. The molecule has 4 amide bonds. The number of urea groups is 1. The number of hydrogen-bond acceptors (Lipinski definition) is 3. The molecule has 0 unspecified atom stereocenters. The van der Waals surface area contributed by atoms with Crippen LogP contribution >= 0.6 is 0 Å². The Hall–Kier alpha value is -3.15. The van der Waals surface area contributed by atoms with Gasteiger partial charge in [-0.05, 0) is 29.2 Å². The zero-order valence-electron chi connectivity index (χ0n) is 15.4. The highest BCUT2D eigenvalue weighted by Crippen LogP contribution is 2.17. The normalized spacial score (nSPS) is 16.6. The van der Waals surface area contributed by atoms with Crippen LogP contribution in [0.3, 0.4) is 0 Å². The maximum Gasteiger partial charge on any atom is 0.325 e. The van der Waals surface area contributed by atoms with E-state index in [4.69, 9.17) is 0 Å². The summed E-state index contributed by atoms with van der Waals surface area (Å²) in [6.45, 7) is 3.88. The lowest BCUT2D eigenvalue weighted by atomic mass is 10.0. The molecule has 0 bridgehead atoms. The third-order valence-corrected chi connectivity index (χ3v) is 4.55. The molecule has 0 aliphatic carbocycles. The van der Waals surface area contributed by atoms with E-state index in [2.05, 4.69) is 24.5 Å². The van der Waals surface area contributed by atoms with E-state index in [-0.39, 0.29) is 12.5 Å². The van der Waals surface area contributed by atoms with Gasteiger partial charge in [0, 0.05) is 12.1 Å². The molecule has 27 heavy (non-hydrogen) atoms. The molecule has 0 spiro atoms. The zero-order valence-corrected chi connectivity index (χ0v) is 15.4. The lowest BCUT2D eigenvalue weighted by Crippen LogP contribution is -2.38. The van der Waals surface area contributed by atoms with Crippen LogP contribution in [-0.4, -0.2) is 35.3 Å². The van der Waals surface area contributed by atoms with Crippen molar-refractivity contribution in [3.63, 3.8) is 0 Å². The van der Waals surface area contributed by atoms with Crippen LogP contribution in [0, 0.1) is 0 Å². The number of nitrogens with zero attached hydrogens (tertiary/aromatic N) is 1. The van der Waals surface area contributed by atoms with E-state index >= 15 is 0 Å². The van der Waals surface area contributed by atoms with E-state index < -0.39 is 18.0 Å². The SMILES string of the molecule is CC(C)c1ccc(NC(=O)CN2C(=O)N[C@@H](Cc3ccccc3)C2=O)cc1. The van der Waals surface area contributed by atoms with Gasteiger partial charge >= 0.3 is 6.03 Å². The second-order valence-electron chi connectivity index (χ2n) is 6.94. The average molecular weight is 365 g/mol. The third-order valence-electron chi connectivity index (χ3n) is 4.55. The Morgan fingerprint density at radius 1 is 1.07 bits per heavy atom. The Morgan fingerprint density at radius 3 is 2.37 bits per heavy atom. The molecule has 6 nitrogen and oxygen atoms in total. The first-order chi connectivity index (χ1) is 12.9. The van der Waals surface area contributed by atoms with E-state index in [0.717, 1.165) is 10.5 Å². The van der Waals surface area contributed by atoms with Gasteiger partial charge in [-0.15, -0.1) is 0 Å². The first-order valence-electron chi connectivity index (χ1n) is 8.99. The first kappa shape index (κ1) is 18.6. The summed E-state index contributed by atoms with van der Waals surface area (Å²) < 4.78 is 0. The third kappa shape index (κ3) is 4.53. The molecule has 1 aliphatic heterocycles. The van der Waals surface area contributed by atoms with Crippen molar-refractivity contribution in [2.75, 3.05) is 11.9 Å². The van der Waals surface area contributed by atoms with E-state index in [0.29, 0.717) is 18.0 Å². The number of anilines is 1. The second-order valence-corrected chi connectivity index (χ2v) is 6.94. The minimum atomic E-state index is -0.641. The van der Waals surface area contributed by atoms with Crippen LogP contribution in [0.4, 0.5) is 10.5 Å². The molecule has 0 saturated carbocycles. The van der Waals surface area contributed by atoms with Gasteiger partial charge in [0.25, 0.3) is 5.91 Å². The van der Waals surface area contributed by atoms with Crippen LogP contribution in [0.1, 0.15) is 30.9 Å². The average Bonchev–Trinajstić information content (AvgIpc) is 2.90. The van der Waals surface area contributed by atoms with Crippen molar-refractivity contribution in [3.8, 4) is 0 Å². The summed E-state index contributed by atoms with van der Waals surface area (Å²) in [6.07, 6.45) is 0.403. The minimum absolute atomic E-state index is 0.304. The molecule has 0 aromatic heterocycles. The Kier molecular flexibility index (Phi) is 5.54. The Balaban J connectivity index is 1.58. The van der Waals surface area contributed by atoms with Crippen LogP contribution < -0.4 is 10.6 Å². The fraction of sp³-hybridized carbons (Fsp3) is 0.286. The Labute approximate surface area is 158 Å². The van der Waals surface area contributed by atoms with Gasteiger partial charge in [-0.3, -0.25) is 14.5 Å². The Morgan fingerprint density at radius 2 is 1.74 bits per heavy atom. The highest BCUT2D eigenvalue weighted by atomic mass is 16.2. The highest BCUT2D eigenvalue weighted by Gasteiger charge is 2.38. The molecule has 1 fully saturated rings. The molecule has 1 saturated heterocycles. The van der Waals surface area contributed by atoms with Gasteiger partial charge in [0.2, 0.25) is 5.91 Å². The number of rotatable bonds is 6. The molecular formula is C21H23N3O3. The second kappa shape index (κ2) is 8.03. The lowest BCUT2D eigenvalue weighted by Gasteiger charge is -2.13. The summed E-state index contributed by atoms with van der Waals surface area (Å²) in [5.74, 6) is -0.382. The van der Waals surface area contributed by atoms with E-state index in [9.17, 15) is 14.4 Å². The van der Waals surface area contributed by atoms with Gasteiger partial charge in [0.1, 0.15) is 12.6 Å². The van der Waals surface area contributed by atoms with Crippen molar-refractivity contribution in [1.82, 2.24) is 10.2 Å². The van der Waals surface area contributed by atoms with Gasteiger partial charge < -0.3 is 10.6 Å². The molecule has 2 N–H and O–H groups in total. The monoisotopic (exact) mass is 365 g/mol. The quantitative estimate of drug-likeness (QED) is 0.773. The summed E-state index contributed by atoms with van der Waals surface area (Å²) >= 11 is 0. The smallest absolute Gasteiger partial charge is 0.325 e. The molecule has 3 rings (SSSR count). The van der Waals surface area contributed by atoms with Crippen molar-refractivity contribution >= 4 is 23.5 Å². The molecule has 1 aliphatic rings. The number of carbonyl (C=O) groups is 3. The number of imide groups is 1. The molecular weight excluding hydrogens is 342 g/mol. The lowest BCUT2D eigenvalue weighted by molar-refractivity contribution is -0.130. The van der Waals surface area contributed by atoms with Crippen LogP contribution in [-0.2, 0) is 16.0 Å². The van der Waals surface area contributed by atoms with Gasteiger partial charge in [-0.1, -0.05) is 56.3 Å². The number of carbonyl (C=O) groups excluding carboxylic acids is 3. The molecule has 1 atom stereocenters. The Bertz CT molecular complexity index is 832. The molecule has 140 valence electrons. The van der Waals surface area contributed by atoms with Gasteiger partial charge in [-0.2, -0.15) is 0 Å². The van der Waals surface area contributed by atoms with Crippen LogP contribution in [0.15, 0.2) is 54.6 Å². The van der Waals surface area contributed by atoms with Crippen LogP contribution in [0.5, 0.6) is 0 Å². The summed E-state index contributed by atoms with van der Waals surface area (Å²) in [4.78, 5) is 37.8. The number of nitrogens with one attached hydrogen (secondary N) is 2. The summed E-state index contributed by atoms with van der Waals surface area (Å²) in [7, 11) is 0. The van der Waals surface area contributed by atoms with E-state index in [1.807, 2.05) is 54.6 Å². The van der Waals surface area contributed by atoms with Crippen molar-refractivity contribution in [3.05, 3.63) is 65.7 Å². The molecule has 2 aromatic carbocycles. The zero-order chi connectivity index (χ0) is 19.4. The molecule has 2 aromatic rings. The topological polar surface area (TPSA) is 78.5 Å². The minimum Gasteiger partial charge on any atom is -0.325 e. The van der Waals surface area contributed by atoms with Crippen LogP contribution in [0.25, 0.3) is 0 Å².